The molecule has 1 aliphatic carbocycles. The van der Waals surface area contributed by atoms with Gasteiger partial charge in [-0.2, -0.15) is 0 Å². The fourth-order valence-corrected chi connectivity index (χ4v) is 13.0. The molecule has 9 rings (SSSR count). The Balaban J connectivity index is 0.889. The maximum absolute atomic E-state index is 15.0. The molecule has 4 fully saturated rings. The average Bonchev–Trinajstić information content (AvgIpc) is 3.28. The number of benzene rings is 3. The largest absolute Gasteiger partial charge is 0.396 e. The van der Waals surface area contributed by atoms with E-state index >= 15 is 4.79 Å². The minimum atomic E-state index is -5.14. The number of rotatable bonds is 18. The highest BCUT2D eigenvalue weighted by Crippen LogP contribution is 2.40. The van der Waals surface area contributed by atoms with Crippen molar-refractivity contribution in [2.75, 3.05) is 19.3 Å². The minimum absolute atomic E-state index is 0.00803. The molecule has 0 spiro atoms. The Morgan fingerprint density at radius 3 is 2.23 bits per heavy atom. The summed E-state index contributed by atoms with van der Waals surface area (Å²) in [6.45, 7) is -0.168. The summed E-state index contributed by atoms with van der Waals surface area (Å²) in [6.07, 6.45) is 5.70. The molecular weight excluding hydrogens is 1100 g/mol. The van der Waals surface area contributed by atoms with Crippen LogP contribution in [-0.2, 0) is 68.0 Å². The smallest absolute Gasteiger partial charge is 0.370 e. The number of aryl methyl sites for hydroxylation is 1. The van der Waals surface area contributed by atoms with Gasteiger partial charge in [0.25, 0.3) is 11.4 Å². The SMILES string of the molecule is Cn1c(=O)n(C2CCC(=O)NC2=O)c2ccc(C[C@H]3CC[C@@H](CC(=O)N4CC[C@H]5CC[C@@H](C(=O)N[C@H](CCC(N)=O)C(=O)NCc6ccc(S(C)(=O)=O)cc6)N5C(=O)[C@@H](NC(=O)c5cc6cc(C(=O)P(=O)(O)O)ccc6[nH]5)C4)CC3)cc21. The zero-order chi connectivity index (χ0) is 58.9. The molecule has 1 unspecified atom stereocenters. The van der Waals surface area contributed by atoms with Crippen LogP contribution in [0, 0.1) is 11.8 Å². The summed E-state index contributed by atoms with van der Waals surface area (Å²) in [4.78, 5) is 159. The Kier molecular flexibility index (Phi) is 17.2. The van der Waals surface area contributed by atoms with Crippen molar-refractivity contribution in [1.29, 1.82) is 0 Å². The van der Waals surface area contributed by atoms with Gasteiger partial charge >= 0.3 is 13.3 Å². The van der Waals surface area contributed by atoms with Crippen LogP contribution in [0.1, 0.15) is 115 Å². The van der Waals surface area contributed by atoms with E-state index in [1.807, 2.05) is 18.2 Å². The Labute approximate surface area is 470 Å². The first-order valence-electron chi connectivity index (χ1n) is 27.2. The number of carbonyl (C=O) groups is 9. The van der Waals surface area contributed by atoms with Gasteiger partial charge in [-0.05, 0) is 136 Å². The van der Waals surface area contributed by atoms with Crippen molar-refractivity contribution in [3.63, 3.8) is 0 Å². The van der Waals surface area contributed by atoms with Gasteiger partial charge in [-0.15, -0.1) is 0 Å². The topological polar surface area (TPSA) is 369 Å². The normalized spacial score (nSPS) is 22.0. The van der Waals surface area contributed by atoms with E-state index in [0.717, 1.165) is 43.9 Å². The van der Waals surface area contributed by atoms with Gasteiger partial charge in [-0.25, -0.2) is 13.2 Å². The monoisotopic (exact) mass is 1170 g/mol. The van der Waals surface area contributed by atoms with E-state index in [2.05, 4.69) is 26.3 Å². The van der Waals surface area contributed by atoms with Crippen molar-refractivity contribution in [2.24, 2.45) is 24.6 Å². The zero-order valence-electron chi connectivity index (χ0n) is 45.1. The number of sulfone groups is 1. The Morgan fingerprint density at radius 1 is 0.841 bits per heavy atom. The number of nitrogens with two attached hydrogens (primary N) is 1. The predicted molar refractivity (Wildman–Crippen MR) is 295 cm³/mol. The molecule has 5 aromatic rings. The Bertz CT molecular complexity index is 3640. The van der Waals surface area contributed by atoms with Gasteiger partial charge in [0.05, 0.1) is 15.9 Å². The molecular formula is C55H65N10O15PS. The van der Waals surface area contributed by atoms with Crippen molar-refractivity contribution in [1.82, 2.24) is 45.2 Å². The average molecular weight is 1170 g/mol. The number of aromatic nitrogens is 3. The number of amides is 8. The summed E-state index contributed by atoms with van der Waals surface area (Å²) in [6, 6.07) is 11.4. The highest BCUT2D eigenvalue weighted by Gasteiger charge is 2.46. The summed E-state index contributed by atoms with van der Waals surface area (Å²) < 4.78 is 38.6. The Morgan fingerprint density at radius 2 is 1.55 bits per heavy atom. The van der Waals surface area contributed by atoms with E-state index in [1.165, 1.54) is 62.6 Å². The summed E-state index contributed by atoms with van der Waals surface area (Å²) >= 11 is 0. The molecule has 1 saturated carbocycles. The molecule has 25 nitrogen and oxygen atoms in total. The maximum atomic E-state index is 15.0. The standard InChI is InChI=1S/C55H65N10O15PS/c1-62-45-24-33(9-16-42(45)65(55(62)75)44-18-20-47(67)61-52(44)72)23-30-3-5-31(6-4-30)25-48(68)63-22-21-36-11-17-43(51(71)59-39(15-19-46(56)66)49(69)57-28-32-7-12-37(13-8-32)82(2,79)80)64(36)53(73)41(29-63)60-50(70)40-27-35-26-34(10-14-38(35)58-40)54(74)81(76,77)78/h7-10,12-14,16,24,26-27,30-31,36,39,41,43-44,58H,3-6,11,15,17-23,25,28-29H2,1-2H3,(H2,56,66)(H,57,69)(H,59,71)(H,60,70)(H,61,67,72)(H2,76,77,78)/t30-,31+,36-,39-,41+,43+,44?/m1/s1. The predicted octanol–water partition coefficient (Wildman–Crippen LogP) is 1.72. The molecule has 3 aliphatic heterocycles. The number of primary amides is 1. The lowest BCUT2D eigenvalue weighted by Crippen LogP contribution is -2.62. The van der Waals surface area contributed by atoms with Crippen molar-refractivity contribution in [3.8, 4) is 0 Å². The summed E-state index contributed by atoms with van der Waals surface area (Å²) in [7, 11) is -6.97. The van der Waals surface area contributed by atoms with Gasteiger partial charge in [0.2, 0.25) is 41.4 Å². The molecule has 436 valence electrons. The lowest BCUT2D eigenvalue weighted by atomic mass is 9.78. The van der Waals surface area contributed by atoms with E-state index < -0.39 is 88.6 Å². The second-order valence-electron chi connectivity index (χ2n) is 22.0. The zero-order valence-corrected chi connectivity index (χ0v) is 46.8. The van der Waals surface area contributed by atoms with Gasteiger partial charge < -0.3 is 46.3 Å². The number of piperidine rings is 1. The molecule has 3 saturated heterocycles. The molecule has 5 heterocycles. The minimum Gasteiger partial charge on any atom is -0.370 e. The molecule has 2 aromatic heterocycles. The number of imide groups is 1. The number of nitrogens with one attached hydrogen (secondary N) is 5. The number of aromatic amines is 1. The second kappa shape index (κ2) is 24.0. The third-order valence-electron chi connectivity index (χ3n) is 16.3. The number of H-pyrrole nitrogens is 1. The van der Waals surface area contributed by atoms with Gasteiger partial charge in [0, 0.05) is 74.7 Å². The Hall–Kier alpha value is -7.80. The summed E-state index contributed by atoms with van der Waals surface area (Å²) in [5.74, 6) is -4.43. The summed E-state index contributed by atoms with van der Waals surface area (Å²) in [5.41, 5.74) is 6.45. The lowest BCUT2D eigenvalue weighted by Gasteiger charge is -2.39. The molecule has 27 heteroatoms. The molecule has 3 aromatic carbocycles. The molecule has 4 aliphatic rings. The van der Waals surface area contributed by atoms with Crippen molar-refractivity contribution in [2.45, 2.75) is 125 Å². The van der Waals surface area contributed by atoms with Crippen LogP contribution in [0.4, 0.5) is 0 Å². The van der Waals surface area contributed by atoms with E-state index in [-0.39, 0.29) is 115 Å². The highest BCUT2D eigenvalue weighted by atomic mass is 32.2. The molecule has 8 amide bonds. The molecule has 9 N–H and O–H groups in total. The van der Waals surface area contributed by atoms with Gasteiger partial charge in [-0.3, -0.25) is 62.2 Å². The van der Waals surface area contributed by atoms with E-state index in [4.69, 9.17) is 5.73 Å². The molecule has 0 bridgehead atoms. The van der Waals surface area contributed by atoms with Crippen LogP contribution in [-0.4, -0.2) is 138 Å². The lowest BCUT2D eigenvalue weighted by molar-refractivity contribution is -0.146. The molecule has 0 radical (unpaired) electrons. The van der Waals surface area contributed by atoms with Gasteiger partial charge in [0.1, 0.15) is 29.9 Å². The number of imidazole rings is 1. The summed E-state index contributed by atoms with van der Waals surface area (Å²) in [5, 5.41) is 10.8. The van der Waals surface area contributed by atoms with Crippen LogP contribution in [0.3, 0.4) is 0 Å². The van der Waals surface area contributed by atoms with Crippen LogP contribution in [0.5, 0.6) is 0 Å². The highest BCUT2D eigenvalue weighted by molar-refractivity contribution is 7.90. The number of carbonyl (C=O) groups excluding carboxylic acids is 9. The number of nitrogens with zero attached hydrogens (tertiary/aromatic N) is 4. The third-order valence-corrected chi connectivity index (χ3v) is 18.2. The van der Waals surface area contributed by atoms with E-state index in [0.29, 0.717) is 28.5 Å². The van der Waals surface area contributed by atoms with Crippen molar-refractivity contribution in [3.05, 3.63) is 99.6 Å². The molecule has 5 atom stereocenters. The first-order chi connectivity index (χ1) is 38.8. The van der Waals surface area contributed by atoms with Gasteiger partial charge in [0.15, 0.2) is 9.84 Å². The second-order valence-corrected chi connectivity index (χ2v) is 25.5. The van der Waals surface area contributed by atoms with Crippen LogP contribution in [0.2, 0.25) is 0 Å². The quantitative estimate of drug-likeness (QED) is 0.0457. The third kappa shape index (κ3) is 13.1. The van der Waals surface area contributed by atoms with Gasteiger partial charge in [-0.1, -0.05) is 18.2 Å². The van der Waals surface area contributed by atoms with Crippen LogP contribution in [0.25, 0.3) is 21.9 Å². The van der Waals surface area contributed by atoms with Crippen LogP contribution in [0.15, 0.2) is 76.4 Å². The molecule has 82 heavy (non-hydrogen) atoms. The van der Waals surface area contributed by atoms with E-state index in [1.54, 1.807) is 11.9 Å². The van der Waals surface area contributed by atoms with Crippen molar-refractivity contribution < 1.29 is 65.9 Å². The first kappa shape index (κ1) is 58.8. The maximum Gasteiger partial charge on any atom is 0.396 e. The number of hydrogen-bond acceptors (Lipinski definition) is 13. The first-order valence-corrected chi connectivity index (χ1v) is 30.7. The van der Waals surface area contributed by atoms with Crippen LogP contribution < -0.4 is 32.7 Å². The fraction of sp³-hybridized carbons (Fsp3) is 0.455. The fourth-order valence-electron chi connectivity index (χ4n) is 11.9. The number of fused-ring (bicyclic) bond motifs is 3. The van der Waals surface area contributed by atoms with Crippen LogP contribution >= 0.6 is 7.60 Å². The van der Waals surface area contributed by atoms with Crippen molar-refractivity contribution >= 4 is 92.2 Å². The number of hydrogen-bond donors (Lipinski definition) is 8. The van der Waals surface area contributed by atoms with E-state index in [9.17, 15) is 65.9 Å².